The molecule has 0 fully saturated rings. The Bertz CT molecular complexity index is 1060. The summed E-state index contributed by atoms with van der Waals surface area (Å²) in [5.41, 5.74) is 10.4. The molecular formula is C19H20N4OS2. The smallest absolute Gasteiger partial charge is 0.259 e. The molecule has 0 spiro atoms. The van der Waals surface area contributed by atoms with Gasteiger partial charge in [-0.3, -0.25) is 4.79 Å². The van der Waals surface area contributed by atoms with E-state index in [-0.39, 0.29) is 5.56 Å². The molecule has 4 rings (SSSR count). The van der Waals surface area contributed by atoms with Gasteiger partial charge in [0.25, 0.3) is 5.56 Å². The molecule has 0 radical (unpaired) electrons. The third-order valence-electron chi connectivity index (χ3n) is 4.43. The summed E-state index contributed by atoms with van der Waals surface area (Å²) in [6, 6.07) is 6.10. The lowest BCUT2D eigenvalue weighted by molar-refractivity contribution is 0.916. The summed E-state index contributed by atoms with van der Waals surface area (Å²) >= 11 is 3.04. The van der Waals surface area contributed by atoms with E-state index in [4.69, 9.17) is 5.73 Å². The normalized spacial score (nSPS) is 14.2. The number of aryl methyl sites for hydroxylation is 4. The number of aromatic amines is 1. The number of amidine groups is 1. The molecular weight excluding hydrogens is 364 g/mol. The third kappa shape index (κ3) is 3.41. The zero-order valence-corrected chi connectivity index (χ0v) is 16.4. The Hall–Kier alpha value is -2.12. The number of nitrogens with zero attached hydrogens (tertiary/aromatic N) is 2. The van der Waals surface area contributed by atoms with Crippen LogP contribution in [0.4, 0.5) is 5.69 Å². The van der Waals surface area contributed by atoms with Crippen LogP contribution in [0, 0.1) is 13.8 Å². The SMILES string of the molecule is Cc1cc(C)cc(N=C(N)SCc2nc3sc4c(c3c(=O)[nH]2)CCC4)c1. The van der Waals surface area contributed by atoms with Crippen LogP contribution in [0.1, 0.15) is 33.8 Å². The van der Waals surface area contributed by atoms with E-state index in [1.165, 1.54) is 22.2 Å². The summed E-state index contributed by atoms with van der Waals surface area (Å²) in [7, 11) is 0. The van der Waals surface area contributed by atoms with Crippen molar-refractivity contribution in [2.75, 3.05) is 0 Å². The van der Waals surface area contributed by atoms with Gasteiger partial charge in [0.15, 0.2) is 5.17 Å². The van der Waals surface area contributed by atoms with E-state index in [1.807, 2.05) is 26.0 Å². The average Bonchev–Trinajstić information content (AvgIpc) is 3.12. The predicted octanol–water partition coefficient (Wildman–Crippen LogP) is 3.97. The number of nitrogens with one attached hydrogen (secondary N) is 1. The van der Waals surface area contributed by atoms with Gasteiger partial charge in [-0.1, -0.05) is 17.8 Å². The largest absolute Gasteiger partial charge is 0.378 e. The molecule has 1 aromatic carbocycles. The van der Waals surface area contributed by atoms with Crippen LogP contribution in [0.15, 0.2) is 28.0 Å². The van der Waals surface area contributed by atoms with Crippen molar-refractivity contribution in [3.05, 3.63) is 55.9 Å². The van der Waals surface area contributed by atoms with Gasteiger partial charge in [0.2, 0.25) is 0 Å². The molecule has 134 valence electrons. The van der Waals surface area contributed by atoms with Crippen LogP contribution in [0.25, 0.3) is 10.2 Å². The van der Waals surface area contributed by atoms with Gasteiger partial charge >= 0.3 is 0 Å². The van der Waals surface area contributed by atoms with E-state index < -0.39 is 0 Å². The number of hydrogen-bond acceptors (Lipinski definition) is 5. The fourth-order valence-electron chi connectivity index (χ4n) is 3.43. The fraction of sp³-hybridized carbons (Fsp3) is 0.316. The summed E-state index contributed by atoms with van der Waals surface area (Å²) in [6.07, 6.45) is 3.19. The number of H-pyrrole nitrogens is 1. The van der Waals surface area contributed by atoms with Gasteiger partial charge in [-0.25, -0.2) is 9.98 Å². The molecule has 2 heterocycles. The number of aliphatic imine (C=N–C) groups is 1. The molecule has 26 heavy (non-hydrogen) atoms. The zero-order valence-electron chi connectivity index (χ0n) is 14.8. The topological polar surface area (TPSA) is 84.1 Å². The monoisotopic (exact) mass is 384 g/mol. The summed E-state index contributed by atoms with van der Waals surface area (Å²) in [6.45, 7) is 4.08. The van der Waals surface area contributed by atoms with Crippen molar-refractivity contribution in [3.8, 4) is 0 Å². The maximum absolute atomic E-state index is 12.5. The van der Waals surface area contributed by atoms with E-state index in [0.717, 1.165) is 46.3 Å². The van der Waals surface area contributed by atoms with Gasteiger partial charge < -0.3 is 10.7 Å². The molecule has 0 unspecified atom stereocenters. The van der Waals surface area contributed by atoms with Crippen LogP contribution in [0.2, 0.25) is 0 Å². The van der Waals surface area contributed by atoms with Gasteiger partial charge in [-0.05, 0) is 61.9 Å². The van der Waals surface area contributed by atoms with Crippen molar-refractivity contribution in [3.63, 3.8) is 0 Å². The van der Waals surface area contributed by atoms with E-state index in [2.05, 4.69) is 21.0 Å². The van der Waals surface area contributed by atoms with E-state index >= 15 is 0 Å². The molecule has 0 amide bonds. The lowest BCUT2D eigenvalue weighted by Gasteiger charge is -2.04. The molecule has 5 nitrogen and oxygen atoms in total. The van der Waals surface area contributed by atoms with Gasteiger partial charge in [0, 0.05) is 4.88 Å². The van der Waals surface area contributed by atoms with Gasteiger partial charge in [0.1, 0.15) is 10.7 Å². The number of thioether (sulfide) groups is 1. The number of nitrogens with two attached hydrogens (primary N) is 1. The van der Waals surface area contributed by atoms with Crippen molar-refractivity contribution in [1.29, 1.82) is 0 Å². The number of fused-ring (bicyclic) bond motifs is 3. The molecule has 1 aliphatic rings. The molecule has 2 aromatic heterocycles. The highest BCUT2D eigenvalue weighted by molar-refractivity contribution is 8.13. The lowest BCUT2D eigenvalue weighted by atomic mass is 10.1. The molecule has 7 heteroatoms. The Kier molecular flexibility index (Phi) is 4.58. The Morgan fingerprint density at radius 3 is 2.85 bits per heavy atom. The number of rotatable bonds is 3. The molecule has 0 aliphatic heterocycles. The van der Waals surface area contributed by atoms with Crippen molar-refractivity contribution in [2.24, 2.45) is 10.7 Å². The third-order valence-corrected chi connectivity index (χ3v) is 6.42. The van der Waals surface area contributed by atoms with Gasteiger partial charge in [-0.2, -0.15) is 0 Å². The quantitative estimate of drug-likeness (QED) is 0.529. The summed E-state index contributed by atoms with van der Waals surface area (Å²) in [4.78, 5) is 26.6. The van der Waals surface area contributed by atoms with Crippen molar-refractivity contribution < 1.29 is 0 Å². The van der Waals surface area contributed by atoms with Crippen LogP contribution in [-0.2, 0) is 18.6 Å². The highest BCUT2D eigenvalue weighted by Gasteiger charge is 2.21. The van der Waals surface area contributed by atoms with E-state index in [1.54, 1.807) is 11.3 Å². The lowest BCUT2D eigenvalue weighted by Crippen LogP contribution is -2.13. The molecule has 3 N–H and O–H groups in total. The Balaban J connectivity index is 1.54. The average molecular weight is 385 g/mol. The first-order chi connectivity index (χ1) is 12.5. The summed E-state index contributed by atoms with van der Waals surface area (Å²) < 4.78 is 0. The molecule has 0 bridgehead atoms. The van der Waals surface area contributed by atoms with Crippen LogP contribution in [-0.4, -0.2) is 15.1 Å². The fourth-order valence-corrected chi connectivity index (χ4v) is 5.30. The predicted molar refractivity (Wildman–Crippen MR) is 111 cm³/mol. The minimum Gasteiger partial charge on any atom is -0.378 e. The minimum atomic E-state index is -0.0326. The summed E-state index contributed by atoms with van der Waals surface area (Å²) in [5.74, 6) is 1.14. The second-order valence-corrected chi connectivity index (χ2v) is 8.71. The first-order valence-corrected chi connectivity index (χ1v) is 10.4. The number of benzene rings is 1. The molecule has 3 aromatic rings. The maximum atomic E-state index is 12.5. The highest BCUT2D eigenvalue weighted by Crippen LogP contribution is 2.34. The minimum absolute atomic E-state index is 0.0326. The van der Waals surface area contributed by atoms with Crippen molar-refractivity contribution in [1.82, 2.24) is 9.97 Å². The van der Waals surface area contributed by atoms with E-state index in [0.29, 0.717) is 16.7 Å². The molecule has 0 saturated heterocycles. The van der Waals surface area contributed by atoms with Crippen LogP contribution in [0.3, 0.4) is 0 Å². The van der Waals surface area contributed by atoms with Crippen LogP contribution < -0.4 is 11.3 Å². The Morgan fingerprint density at radius 2 is 2.08 bits per heavy atom. The first kappa shape index (κ1) is 17.3. The van der Waals surface area contributed by atoms with Gasteiger partial charge in [0.05, 0.1) is 16.8 Å². The van der Waals surface area contributed by atoms with Crippen molar-refractivity contribution >= 4 is 44.2 Å². The van der Waals surface area contributed by atoms with Gasteiger partial charge in [-0.15, -0.1) is 11.3 Å². The molecule has 1 aliphatic carbocycles. The Labute approximate surface area is 159 Å². The number of hydrogen-bond donors (Lipinski definition) is 2. The first-order valence-electron chi connectivity index (χ1n) is 8.58. The number of thiophene rings is 1. The van der Waals surface area contributed by atoms with Crippen molar-refractivity contribution in [2.45, 2.75) is 38.9 Å². The standard InChI is InChI=1S/C19H20N4OS2/c1-10-6-11(2)8-12(7-10)21-19(20)25-9-15-22-17(24)16-13-4-3-5-14(13)26-18(16)23-15/h6-8H,3-5,9H2,1-2H3,(H2,20,21)(H,22,23,24). The summed E-state index contributed by atoms with van der Waals surface area (Å²) in [5, 5.41) is 1.25. The zero-order chi connectivity index (χ0) is 18.3. The maximum Gasteiger partial charge on any atom is 0.259 e. The van der Waals surface area contributed by atoms with E-state index in [9.17, 15) is 4.79 Å². The Morgan fingerprint density at radius 1 is 1.31 bits per heavy atom. The number of aromatic nitrogens is 2. The van der Waals surface area contributed by atoms with Crippen LogP contribution in [0.5, 0.6) is 0 Å². The second kappa shape index (κ2) is 6.89. The highest BCUT2D eigenvalue weighted by atomic mass is 32.2. The molecule has 0 atom stereocenters. The second-order valence-electron chi connectivity index (χ2n) is 6.63. The molecule has 0 saturated carbocycles. The van der Waals surface area contributed by atoms with Crippen LogP contribution >= 0.6 is 23.1 Å².